The topological polar surface area (TPSA) is 47.1 Å². The van der Waals surface area contributed by atoms with E-state index in [9.17, 15) is 0 Å². The summed E-state index contributed by atoms with van der Waals surface area (Å²) in [5.41, 5.74) is 1.86. The lowest BCUT2D eigenvalue weighted by molar-refractivity contribution is 0.165. The Kier molecular flexibility index (Phi) is 5.32. The molecule has 0 spiro atoms. The number of hydrogen-bond donors (Lipinski definition) is 0. The van der Waals surface area contributed by atoms with Crippen molar-refractivity contribution in [2.75, 3.05) is 13.1 Å². The Morgan fingerprint density at radius 1 is 1.19 bits per heavy atom. The van der Waals surface area contributed by atoms with Crippen molar-refractivity contribution in [1.29, 1.82) is 0 Å². The molecule has 0 aliphatic carbocycles. The van der Waals surface area contributed by atoms with Crippen molar-refractivity contribution in [3.8, 4) is 11.5 Å². The van der Waals surface area contributed by atoms with Crippen molar-refractivity contribution in [2.24, 2.45) is 5.92 Å². The van der Waals surface area contributed by atoms with Crippen LogP contribution in [0.4, 0.5) is 0 Å². The molecule has 2 aromatic heterocycles. The Bertz CT molecular complexity index is 909. The van der Waals surface area contributed by atoms with E-state index < -0.39 is 0 Å². The molecule has 0 bridgehead atoms. The fraction of sp³-hybridized carbons (Fsp3) is 0.429. The van der Waals surface area contributed by atoms with Gasteiger partial charge in [0.15, 0.2) is 0 Å². The summed E-state index contributed by atoms with van der Waals surface area (Å²) in [4.78, 5) is 11.5. The molecule has 3 aromatic rings. The standard InChI is InChI=1S/C21H25ClN4O/c1-15-20(24-21(27-15)18-5-3-4-6-19(18)22)14-25-10-7-17(8-11-25)13-26-12-9-23-16(26)2/h3-6,9,12,17H,7-8,10-11,13-14H2,1-2H3. The molecule has 142 valence electrons. The molecule has 4 rings (SSSR count). The van der Waals surface area contributed by atoms with Gasteiger partial charge >= 0.3 is 0 Å². The number of halogens is 1. The number of hydrogen-bond acceptors (Lipinski definition) is 4. The van der Waals surface area contributed by atoms with E-state index in [2.05, 4.69) is 27.6 Å². The second-order valence-corrected chi connectivity index (χ2v) is 7.76. The first-order chi connectivity index (χ1) is 13.1. The molecule has 0 saturated carbocycles. The van der Waals surface area contributed by atoms with Crippen molar-refractivity contribution >= 4 is 11.6 Å². The van der Waals surface area contributed by atoms with Crippen LogP contribution in [0, 0.1) is 19.8 Å². The summed E-state index contributed by atoms with van der Waals surface area (Å²) in [6, 6.07) is 7.68. The number of aromatic nitrogens is 3. The highest BCUT2D eigenvalue weighted by Crippen LogP contribution is 2.29. The summed E-state index contributed by atoms with van der Waals surface area (Å²) in [6.45, 7) is 8.13. The first kappa shape index (κ1) is 18.3. The number of rotatable bonds is 5. The molecule has 1 aliphatic heterocycles. The average Bonchev–Trinajstić information content (AvgIpc) is 3.23. The summed E-state index contributed by atoms with van der Waals surface area (Å²) in [6.07, 6.45) is 6.36. The fourth-order valence-electron chi connectivity index (χ4n) is 3.74. The molecular weight excluding hydrogens is 360 g/mol. The lowest BCUT2D eigenvalue weighted by Gasteiger charge is -2.31. The predicted octanol–water partition coefficient (Wildman–Crippen LogP) is 4.72. The Morgan fingerprint density at radius 2 is 1.96 bits per heavy atom. The molecule has 6 heteroatoms. The highest BCUT2D eigenvalue weighted by Gasteiger charge is 2.22. The van der Waals surface area contributed by atoms with E-state index in [1.54, 1.807) is 0 Å². The van der Waals surface area contributed by atoms with Gasteiger partial charge in [0.05, 0.1) is 16.3 Å². The fourth-order valence-corrected chi connectivity index (χ4v) is 3.95. The van der Waals surface area contributed by atoms with Crippen LogP contribution < -0.4 is 0 Å². The normalized spacial score (nSPS) is 16.1. The summed E-state index contributed by atoms with van der Waals surface area (Å²) in [5.74, 6) is 3.30. The minimum Gasteiger partial charge on any atom is -0.441 e. The molecule has 0 amide bonds. The Hall–Kier alpha value is -2.11. The third kappa shape index (κ3) is 4.09. The van der Waals surface area contributed by atoms with Gasteiger partial charge in [-0.1, -0.05) is 23.7 Å². The van der Waals surface area contributed by atoms with Gasteiger partial charge in [0.1, 0.15) is 11.6 Å². The Morgan fingerprint density at radius 3 is 2.67 bits per heavy atom. The van der Waals surface area contributed by atoms with Gasteiger partial charge in [-0.05, 0) is 57.8 Å². The molecule has 3 heterocycles. The first-order valence-electron chi connectivity index (χ1n) is 9.51. The van der Waals surface area contributed by atoms with E-state index in [1.807, 2.05) is 37.4 Å². The zero-order valence-corrected chi connectivity index (χ0v) is 16.6. The molecule has 0 radical (unpaired) electrons. The Labute approximate surface area is 165 Å². The first-order valence-corrected chi connectivity index (χ1v) is 9.89. The van der Waals surface area contributed by atoms with Crippen LogP contribution in [0.25, 0.3) is 11.5 Å². The zero-order chi connectivity index (χ0) is 18.8. The summed E-state index contributed by atoms with van der Waals surface area (Å²) < 4.78 is 8.16. The van der Waals surface area contributed by atoms with Crippen LogP contribution in [0.2, 0.25) is 5.02 Å². The lowest BCUT2D eigenvalue weighted by atomic mass is 9.96. The molecule has 27 heavy (non-hydrogen) atoms. The maximum atomic E-state index is 6.28. The summed E-state index contributed by atoms with van der Waals surface area (Å²) >= 11 is 6.28. The van der Waals surface area contributed by atoms with E-state index in [0.29, 0.717) is 16.8 Å². The van der Waals surface area contributed by atoms with Crippen LogP contribution in [0.3, 0.4) is 0 Å². The second-order valence-electron chi connectivity index (χ2n) is 7.35. The van der Waals surface area contributed by atoms with Gasteiger partial charge < -0.3 is 8.98 Å². The van der Waals surface area contributed by atoms with E-state index in [-0.39, 0.29) is 0 Å². The molecule has 5 nitrogen and oxygen atoms in total. The molecule has 1 saturated heterocycles. The van der Waals surface area contributed by atoms with E-state index in [4.69, 9.17) is 21.0 Å². The van der Waals surface area contributed by atoms with Crippen molar-refractivity contribution in [3.63, 3.8) is 0 Å². The maximum Gasteiger partial charge on any atom is 0.228 e. The monoisotopic (exact) mass is 384 g/mol. The van der Waals surface area contributed by atoms with E-state index in [1.165, 1.54) is 12.8 Å². The number of nitrogens with zero attached hydrogens (tertiary/aromatic N) is 4. The van der Waals surface area contributed by atoms with Gasteiger partial charge in [-0.2, -0.15) is 0 Å². The largest absolute Gasteiger partial charge is 0.441 e. The Balaban J connectivity index is 1.37. The van der Waals surface area contributed by atoms with Gasteiger partial charge in [0.25, 0.3) is 0 Å². The average molecular weight is 385 g/mol. The molecular formula is C21H25ClN4O. The number of imidazole rings is 1. The predicted molar refractivity (Wildman–Crippen MR) is 107 cm³/mol. The molecule has 1 fully saturated rings. The number of piperidine rings is 1. The quantitative estimate of drug-likeness (QED) is 0.638. The summed E-state index contributed by atoms with van der Waals surface area (Å²) in [7, 11) is 0. The van der Waals surface area contributed by atoms with Gasteiger partial charge in [-0.25, -0.2) is 9.97 Å². The second kappa shape index (κ2) is 7.87. The molecule has 1 aliphatic rings. The van der Waals surface area contributed by atoms with E-state index >= 15 is 0 Å². The number of aryl methyl sites for hydroxylation is 2. The highest BCUT2D eigenvalue weighted by molar-refractivity contribution is 6.33. The third-order valence-electron chi connectivity index (χ3n) is 5.46. The van der Waals surface area contributed by atoms with Crippen LogP contribution >= 0.6 is 11.6 Å². The van der Waals surface area contributed by atoms with Gasteiger partial charge in [-0.15, -0.1) is 0 Å². The molecule has 0 unspecified atom stereocenters. The number of oxazole rings is 1. The van der Waals surface area contributed by atoms with Crippen LogP contribution in [0.1, 0.15) is 30.1 Å². The van der Waals surface area contributed by atoms with Crippen LogP contribution in [0.5, 0.6) is 0 Å². The van der Waals surface area contributed by atoms with Crippen LogP contribution in [-0.2, 0) is 13.1 Å². The summed E-state index contributed by atoms with van der Waals surface area (Å²) in [5, 5.41) is 0.668. The van der Waals surface area contributed by atoms with Gasteiger partial charge in [-0.3, -0.25) is 4.90 Å². The molecule has 0 N–H and O–H groups in total. The van der Waals surface area contributed by atoms with Crippen molar-refractivity contribution in [1.82, 2.24) is 19.4 Å². The minimum absolute atomic E-state index is 0.610. The third-order valence-corrected chi connectivity index (χ3v) is 5.79. The SMILES string of the molecule is Cc1oc(-c2ccccc2Cl)nc1CN1CCC(Cn2ccnc2C)CC1. The van der Waals surface area contributed by atoms with Crippen LogP contribution in [-0.4, -0.2) is 32.5 Å². The van der Waals surface area contributed by atoms with E-state index in [0.717, 1.165) is 49.0 Å². The maximum absolute atomic E-state index is 6.28. The lowest BCUT2D eigenvalue weighted by Crippen LogP contribution is -2.34. The zero-order valence-electron chi connectivity index (χ0n) is 15.9. The molecule has 1 aromatic carbocycles. The van der Waals surface area contributed by atoms with Crippen molar-refractivity contribution < 1.29 is 4.42 Å². The van der Waals surface area contributed by atoms with Crippen molar-refractivity contribution in [2.45, 2.75) is 39.8 Å². The van der Waals surface area contributed by atoms with Gasteiger partial charge in [0, 0.05) is 25.5 Å². The highest BCUT2D eigenvalue weighted by atomic mass is 35.5. The smallest absolute Gasteiger partial charge is 0.228 e. The van der Waals surface area contributed by atoms with Crippen molar-refractivity contribution in [3.05, 3.63) is 59.0 Å². The molecule has 0 atom stereocenters. The minimum atomic E-state index is 0.610. The number of benzene rings is 1. The van der Waals surface area contributed by atoms with Gasteiger partial charge in [0.2, 0.25) is 5.89 Å². The van der Waals surface area contributed by atoms with Crippen LogP contribution in [0.15, 0.2) is 41.1 Å². The number of likely N-dealkylation sites (tertiary alicyclic amines) is 1.